The number of nitrogens with zero attached hydrogens (tertiary/aromatic N) is 1. The van der Waals surface area contributed by atoms with E-state index in [2.05, 4.69) is 15.3 Å². The Balaban J connectivity index is 2.56. The van der Waals surface area contributed by atoms with Gasteiger partial charge in [-0.25, -0.2) is 9.78 Å². The number of hydrogen-bond donors (Lipinski definition) is 3. The highest BCUT2D eigenvalue weighted by atomic mass is 16.4. The van der Waals surface area contributed by atoms with Gasteiger partial charge >= 0.3 is 6.09 Å². The molecule has 11 heavy (non-hydrogen) atoms. The number of nitrogens with one attached hydrogen (secondary N) is 2. The van der Waals surface area contributed by atoms with Gasteiger partial charge in [-0.2, -0.15) is 0 Å². The molecule has 3 N–H and O–H groups in total. The molecule has 1 rings (SSSR count). The molecule has 0 fully saturated rings. The van der Waals surface area contributed by atoms with Crippen LogP contribution in [0.5, 0.6) is 0 Å². The van der Waals surface area contributed by atoms with Crippen molar-refractivity contribution in [2.45, 2.75) is 13.0 Å². The normalized spacial score (nSPS) is 12.5. The molecule has 0 bridgehead atoms. The first-order valence-corrected chi connectivity index (χ1v) is 3.18. The molecule has 1 heterocycles. The number of imidazole rings is 1. The third kappa shape index (κ3) is 1.96. The molecule has 60 valence electrons. The summed E-state index contributed by atoms with van der Waals surface area (Å²) in [5, 5.41) is 10.6. The lowest BCUT2D eigenvalue weighted by molar-refractivity contribution is 0.190. The van der Waals surface area contributed by atoms with Gasteiger partial charge in [0.1, 0.15) is 0 Å². The van der Waals surface area contributed by atoms with Crippen molar-refractivity contribution in [3.63, 3.8) is 0 Å². The number of rotatable bonds is 2. The van der Waals surface area contributed by atoms with Crippen molar-refractivity contribution in [3.05, 3.63) is 18.2 Å². The summed E-state index contributed by atoms with van der Waals surface area (Å²) in [6, 6.07) is -0.241. The Labute approximate surface area is 63.5 Å². The minimum absolute atomic E-state index is 0.241. The lowest BCUT2D eigenvalue weighted by atomic mass is 10.3. The van der Waals surface area contributed by atoms with Gasteiger partial charge in [-0.15, -0.1) is 0 Å². The van der Waals surface area contributed by atoms with Gasteiger partial charge in [-0.1, -0.05) is 0 Å². The smallest absolute Gasteiger partial charge is 0.405 e. The Kier molecular flexibility index (Phi) is 2.10. The zero-order valence-corrected chi connectivity index (χ0v) is 6.03. The molecule has 0 spiro atoms. The summed E-state index contributed by atoms with van der Waals surface area (Å²) in [5.41, 5.74) is 0.757. The van der Waals surface area contributed by atoms with Crippen LogP contribution in [-0.4, -0.2) is 21.2 Å². The molecule has 5 heteroatoms. The Hall–Kier alpha value is -1.52. The molecule has 0 saturated heterocycles. The van der Waals surface area contributed by atoms with Crippen LogP contribution in [0, 0.1) is 0 Å². The first-order valence-electron chi connectivity index (χ1n) is 3.18. The topological polar surface area (TPSA) is 78.0 Å². The molecule has 0 radical (unpaired) electrons. The van der Waals surface area contributed by atoms with Crippen molar-refractivity contribution in [2.24, 2.45) is 0 Å². The van der Waals surface area contributed by atoms with Crippen LogP contribution in [0.1, 0.15) is 18.7 Å². The fraction of sp³-hybridized carbons (Fsp3) is 0.333. The van der Waals surface area contributed by atoms with Crippen molar-refractivity contribution in [3.8, 4) is 0 Å². The third-order valence-corrected chi connectivity index (χ3v) is 1.33. The highest BCUT2D eigenvalue weighted by Gasteiger charge is 2.07. The van der Waals surface area contributed by atoms with Crippen molar-refractivity contribution in [1.82, 2.24) is 15.3 Å². The lowest BCUT2D eigenvalue weighted by Crippen LogP contribution is -2.24. The molecule has 1 atom stereocenters. The van der Waals surface area contributed by atoms with Crippen LogP contribution < -0.4 is 5.32 Å². The number of H-pyrrole nitrogens is 1. The van der Waals surface area contributed by atoms with Crippen LogP contribution >= 0.6 is 0 Å². The first kappa shape index (κ1) is 7.59. The van der Waals surface area contributed by atoms with Crippen molar-refractivity contribution < 1.29 is 9.90 Å². The van der Waals surface area contributed by atoms with E-state index in [1.807, 2.05) is 0 Å². The van der Waals surface area contributed by atoms with Gasteiger partial charge in [-0.05, 0) is 6.92 Å². The summed E-state index contributed by atoms with van der Waals surface area (Å²) in [7, 11) is 0. The molecular weight excluding hydrogens is 146 g/mol. The molecule has 5 nitrogen and oxygen atoms in total. The van der Waals surface area contributed by atoms with E-state index in [4.69, 9.17) is 5.11 Å². The summed E-state index contributed by atoms with van der Waals surface area (Å²) in [5.74, 6) is 0. The fourth-order valence-corrected chi connectivity index (χ4v) is 0.766. The molecule has 1 aromatic heterocycles. The maximum atomic E-state index is 10.2. The summed E-state index contributed by atoms with van der Waals surface area (Å²) < 4.78 is 0. The summed E-state index contributed by atoms with van der Waals surface area (Å²) in [4.78, 5) is 16.7. The van der Waals surface area contributed by atoms with E-state index in [1.54, 1.807) is 13.1 Å². The minimum Gasteiger partial charge on any atom is -0.465 e. The first-order chi connectivity index (χ1) is 5.20. The number of aromatic nitrogens is 2. The van der Waals surface area contributed by atoms with Gasteiger partial charge in [0.25, 0.3) is 0 Å². The Morgan fingerprint density at radius 3 is 3.09 bits per heavy atom. The number of aromatic amines is 1. The van der Waals surface area contributed by atoms with Crippen LogP contribution in [0.2, 0.25) is 0 Å². The van der Waals surface area contributed by atoms with Crippen LogP contribution in [0.4, 0.5) is 4.79 Å². The van der Waals surface area contributed by atoms with Gasteiger partial charge in [0, 0.05) is 0 Å². The van der Waals surface area contributed by atoms with Gasteiger partial charge in [0.15, 0.2) is 0 Å². The van der Waals surface area contributed by atoms with Crippen molar-refractivity contribution in [2.75, 3.05) is 0 Å². The van der Waals surface area contributed by atoms with Gasteiger partial charge in [0.2, 0.25) is 0 Å². The lowest BCUT2D eigenvalue weighted by Gasteiger charge is -2.07. The highest BCUT2D eigenvalue weighted by Crippen LogP contribution is 2.05. The Morgan fingerprint density at radius 1 is 1.91 bits per heavy atom. The average Bonchev–Trinajstić information content (AvgIpc) is 2.35. The van der Waals surface area contributed by atoms with Crippen molar-refractivity contribution >= 4 is 6.09 Å². The van der Waals surface area contributed by atoms with E-state index in [-0.39, 0.29) is 6.04 Å². The van der Waals surface area contributed by atoms with Gasteiger partial charge in [-0.3, -0.25) is 0 Å². The van der Waals surface area contributed by atoms with E-state index >= 15 is 0 Å². The second-order valence-corrected chi connectivity index (χ2v) is 2.18. The Morgan fingerprint density at radius 2 is 2.64 bits per heavy atom. The number of carbonyl (C=O) groups is 1. The van der Waals surface area contributed by atoms with E-state index in [1.165, 1.54) is 6.33 Å². The zero-order chi connectivity index (χ0) is 8.27. The number of hydrogen-bond acceptors (Lipinski definition) is 2. The maximum Gasteiger partial charge on any atom is 0.405 e. The molecule has 0 saturated carbocycles. The van der Waals surface area contributed by atoms with Crippen LogP contribution in [0.3, 0.4) is 0 Å². The second kappa shape index (κ2) is 3.05. The monoisotopic (exact) mass is 155 g/mol. The summed E-state index contributed by atoms with van der Waals surface area (Å²) >= 11 is 0. The van der Waals surface area contributed by atoms with Gasteiger partial charge in [0.05, 0.1) is 24.3 Å². The molecule has 0 aliphatic carbocycles. The third-order valence-electron chi connectivity index (χ3n) is 1.33. The van der Waals surface area contributed by atoms with E-state index in [0.717, 1.165) is 5.69 Å². The molecule has 0 aliphatic heterocycles. The van der Waals surface area contributed by atoms with Crippen molar-refractivity contribution in [1.29, 1.82) is 0 Å². The molecule has 1 aromatic rings. The summed E-state index contributed by atoms with van der Waals surface area (Å²) in [6.07, 6.45) is 2.06. The molecule has 1 unspecified atom stereocenters. The quantitative estimate of drug-likeness (QED) is 0.589. The Bertz CT molecular complexity index is 232. The predicted octanol–water partition coefficient (Wildman–Crippen LogP) is 0.738. The van der Waals surface area contributed by atoms with Crippen LogP contribution in [0.25, 0.3) is 0 Å². The zero-order valence-electron chi connectivity index (χ0n) is 6.03. The van der Waals surface area contributed by atoms with Crippen LogP contribution in [-0.2, 0) is 0 Å². The SMILES string of the molecule is CC(NC(=O)O)c1cnc[nH]1. The van der Waals surface area contributed by atoms with Crippen LogP contribution in [0.15, 0.2) is 12.5 Å². The molecule has 1 amide bonds. The molecule has 0 aliphatic rings. The number of carboxylic acid groups (broad SMARTS) is 1. The standard InChI is InChI=1S/C6H9N3O2/c1-4(9-6(10)11)5-2-7-3-8-5/h2-4,9H,1H3,(H,7,8)(H,10,11). The predicted molar refractivity (Wildman–Crippen MR) is 38.2 cm³/mol. The van der Waals surface area contributed by atoms with E-state index in [0.29, 0.717) is 0 Å². The maximum absolute atomic E-state index is 10.2. The fourth-order valence-electron chi connectivity index (χ4n) is 0.766. The second-order valence-electron chi connectivity index (χ2n) is 2.18. The minimum atomic E-state index is -1.04. The van der Waals surface area contributed by atoms with E-state index in [9.17, 15) is 4.79 Å². The summed E-state index contributed by atoms with van der Waals surface area (Å²) in [6.45, 7) is 1.74. The highest BCUT2D eigenvalue weighted by molar-refractivity contribution is 5.64. The molecule has 0 aromatic carbocycles. The van der Waals surface area contributed by atoms with Gasteiger partial charge < -0.3 is 15.4 Å². The van der Waals surface area contributed by atoms with E-state index < -0.39 is 6.09 Å². The average molecular weight is 155 g/mol. The number of amides is 1. The largest absolute Gasteiger partial charge is 0.465 e. The molecular formula is C6H9N3O2.